The lowest BCUT2D eigenvalue weighted by Crippen LogP contribution is -2.26. The molecule has 1 aromatic heterocycles. The second-order valence-corrected chi connectivity index (χ2v) is 5.17. The topological polar surface area (TPSA) is 72.2 Å². The van der Waals surface area contributed by atoms with Crippen molar-refractivity contribution < 1.29 is 9.90 Å². The molecule has 1 N–H and O–H groups in total. The number of hydrogen-bond acceptors (Lipinski definition) is 3. The molecule has 19 heavy (non-hydrogen) atoms. The molecule has 0 bridgehead atoms. The van der Waals surface area contributed by atoms with Crippen molar-refractivity contribution in [3.63, 3.8) is 0 Å². The van der Waals surface area contributed by atoms with Gasteiger partial charge >= 0.3 is 5.97 Å². The van der Waals surface area contributed by atoms with Crippen LogP contribution in [0.1, 0.15) is 21.7 Å². The highest BCUT2D eigenvalue weighted by molar-refractivity contribution is 14.1. The van der Waals surface area contributed by atoms with Crippen LogP contribution in [0.4, 0.5) is 0 Å². The number of halogens is 1. The van der Waals surface area contributed by atoms with Crippen molar-refractivity contribution >= 4 is 28.6 Å². The van der Waals surface area contributed by atoms with Gasteiger partial charge in [-0.15, -0.1) is 0 Å². The van der Waals surface area contributed by atoms with Crippen molar-refractivity contribution in [2.45, 2.75) is 13.5 Å². The molecular weight excluding hydrogens is 359 g/mol. The maximum atomic E-state index is 12.0. The Morgan fingerprint density at radius 1 is 1.42 bits per heavy atom. The zero-order chi connectivity index (χ0) is 14.0. The Balaban J connectivity index is 2.51. The summed E-state index contributed by atoms with van der Waals surface area (Å²) in [5, 5.41) is 9.13. The maximum Gasteiger partial charge on any atom is 0.336 e. The van der Waals surface area contributed by atoms with Crippen LogP contribution < -0.4 is 5.56 Å². The zero-order valence-electron chi connectivity index (χ0n) is 10.1. The summed E-state index contributed by atoms with van der Waals surface area (Å²) < 4.78 is 1.99. The molecule has 2 rings (SSSR count). The van der Waals surface area contributed by atoms with Crippen molar-refractivity contribution in [1.82, 2.24) is 9.55 Å². The predicted octanol–water partition coefficient (Wildman–Crippen LogP) is 1.90. The van der Waals surface area contributed by atoms with E-state index in [1.165, 1.54) is 16.8 Å². The summed E-state index contributed by atoms with van der Waals surface area (Å²) >= 11 is 1.92. The van der Waals surface area contributed by atoms with Crippen LogP contribution in [0, 0.1) is 10.5 Å². The second kappa shape index (κ2) is 5.52. The lowest BCUT2D eigenvalue weighted by atomic mass is 10.1. The summed E-state index contributed by atoms with van der Waals surface area (Å²) in [5.41, 5.74) is 0.630. The molecule has 2 aromatic rings. The van der Waals surface area contributed by atoms with Crippen molar-refractivity contribution in [2.75, 3.05) is 0 Å². The van der Waals surface area contributed by atoms with Crippen molar-refractivity contribution in [1.29, 1.82) is 0 Å². The Hall–Kier alpha value is -1.70. The van der Waals surface area contributed by atoms with E-state index >= 15 is 0 Å². The average Bonchev–Trinajstić information content (AvgIpc) is 2.39. The summed E-state index contributed by atoms with van der Waals surface area (Å²) in [6, 6.07) is 6.65. The third kappa shape index (κ3) is 2.83. The Labute approximate surface area is 123 Å². The number of aryl methyl sites for hydroxylation is 1. The molecule has 1 aromatic carbocycles. The van der Waals surface area contributed by atoms with Crippen molar-refractivity contribution in [3.05, 3.63) is 61.3 Å². The van der Waals surface area contributed by atoms with E-state index in [-0.39, 0.29) is 17.7 Å². The highest BCUT2D eigenvalue weighted by Gasteiger charge is 2.12. The summed E-state index contributed by atoms with van der Waals surface area (Å²) in [6.07, 6.45) is 1.51. The van der Waals surface area contributed by atoms with Crippen LogP contribution in [0.25, 0.3) is 0 Å². The standard InChI is InChI=1S/C13H11IN2O3/c1-8-15-6-11(14)12(17)16(8)7-9-4-2-3-5-10(9)13(18)19/h2-6H,7H2,1H3,(H,18,19). The van der Waals surface area contributed by atoms with Gasteiger partial charge in [0, 0.05) is 6.20 Å². The van der Waals surface area contributed by atoms with Crippen molar-refractivity contribution in [2.24, 2.45) is 0 Å². The van der Waals surface area contributed by atoms with E-state index in [9.17, 15) is 9.59 Å². The quantitative estimate of drug-likeness (QED) is 0.838. The smallest absolute Gasteiger partial charge is 0.336 e. The van der Waals surface area contributed by atoms with Gasteiger partial charge in [0.1, 0.15) is 5.82 Å². The number of hydrogen-bond donors (Lipinski definition) is 1. The number of carboxylic acids is 1. The number of aromatic carboxylic acids is 1. The minimum atomic E-state index is -1.00. The van der Waals surface area contributed by atoms with Gasteiger partial charge in [0.2, 0.25) is 0 Å². The van der Waals surface area contributed by atoms with E-state index in [4.69, 9.17) is 5.11 Å². The molecule has 0 aliphatic rings. The number of carboxylic acid groups (broad SMARTS) is 1. The molecule has 0 atom stereocenters. The Morgan fingerprint density at radius 3 is 2.79 bits per heavy atom. The summed E-state index contributed by atoms with van der Waals surface area (Å²) in [5.74, 6) is -0.439. The number of benzene rings is 1. The molecule has 0 aliphatic carbocycles. The lowest BCUT2D eigenvalue weighted by Gasteiger charge is -2.11. The number of nitrogens with zero attached hydrogens (tertiary/aromatic N) is 2. The van der Waals surface area contributed by atoms with Crippen LogP contribution in [0.3, 0.4) is 0 Å². The van der Waals surface area contributed by atoms with E-state index < -0.39 is 5.97 Å². The fourth-order valence-corrected chi connectivity index (χ4v) is 2.20. The molecule has 0 aliphatic heterocycles. The Morgan fingerprint density at radius 2 is 2.11 bits per heavy atom. The first kappa shape index (κ1) is 13.7. The molecule has 98 valence electrons. The molecular formula is C13H11IN2O3. The van der Waals surface area contributed by atoms with Gasteiger partial charge in [0.15, 0.2) is 0 Å². The fourth-order valence-electron chi connectivity index (χ4n) is 1.77. The first-order chi connectivity index (χ1) is 9.00. The highest BCUT2D eigenvalue weighted by atomic mass is 127. The number of rotatable bonds is 3. The Kier molecular flexibility index (Phi) is 3.98. The van der Waals surface area contributed by atoms with E-state index in [2.05, 4.69) is 4.98 Å². The minimum absolute atomic E-state index is 0.159. The van der Waals surface area contributed by atoms with Crippen LogP contribution in [0.2, 0.25) is 0 Å². The normalized spacial score (nSPS) is 10.4. The average molecular weight is 370 g/mol. The largest absolute Gasteiger partial charge is 0.478 e. The van der Waals surface area contributed by atoms with E-state index in [1.54, 1.807) is 25.1 Å². The highest BCUT2D eigenvalue weighted by Crippen LogP contribution is 2.11. The second-order valence-electron chi connectivity index (χ2n) is 4.01. The first-order valence-electron chi connectivity index (χ1n) is 5.54. The van der Waals surface area contributed by atoms with Gasteiger partial charge in [-0.3, -0.25) is 9.36 Å². The molecule has 0 radical (unpaired) electrons. The molecule has 5 nitrogen and oxygen atoms in total. The molecule has 1 heterocycles. The lowest BCUT2D eigenvalue weighted by molar-refractivity contribution is 0.0695. The molecule has 6 heteroatoms. The number of carbonyl (C=O) groups is 1. The van der Waals surface area contributed by atoms with Gasteiger partial charge in [-0.25, -0.2) is 9.78 Å². The van der Waals surface area contributed by atoms with Gasteiger partial charge < -0.3 is 5.11 Å². The SMILES string of the molecule is Cc1ncc(I)c(=O)n1Cc1ccccc1C(=O)O. The van der Waals surface area contributed by atoms with E-state index in [0.29, 0.717) is 15.0 Å². The monoisotopic (exact) mass is 370 g/mol. The molecule has 0 saturated heterocycles. The number of aromatic nitrogens is 2. The summed E-state index contributed by atoms with van der Waals surface area (Å²) in [4.78, 5) is 27.3. The van der Waals surface area contributed by atoms with Gasteiger partial charge in [0.25, 0.3) is 5.56 Å². The summed E-state index contributed by atoms with van der Waals surface area (Å²) in [7, 11) is 0. The molecule has 0 spiro atoms. The van der Waals surface area contributed by atoms with E-state index in [1.807, 2.05) is 22.6 Å². The zero-order valence-corrected chi connectivity index (χ0v) is 12.3. The Bertz CT molecular complexity index is 695. The van der Waals surface area contributed by atoms with Crippen LogP contribution in [0.15, 0.2) is 35.3 Å². The van der Waals surface area contributed by atoms with Crippen LogP contribution in [0.5, 0.6) is 0 Å². The third-order valence-electron chi connectivity index (χ3n) is 2.78. The van der Waals surface area contributed by atoms with Gasteiger partial charge in [-0.2, -0.15) is 0 Å². The molecule has 0 unspecified atom stereocenters. The maximum absolute atomic E-state index is 12.0. The van der Waals surface area contributed by atoms with E-state index in [0.717, 1.165) is 0 Å². The minimum Gasteiger partial charge on any atom is -0.478 e. The first-order valence-corrected chi connectivity index (χ1v) is 6.61. The van der Waals surface area contributed by atoms with Gasteiger partial charge in [-0.05, 0) is 41.1 Å². The molecule has 0 saturated carbocycles. The van der Waals surface area contributed by atoms with Crippen LogP contribution in [-0.4, -0.2) is 20.6 Å². The molecule has 0 fully saturated rings. The predicted molar refractivity (Wildman–Crippen MR) is 78.5 cm³/mol. The van der Waals surface area contributed by atoms with Crippen molar-refractivity contribution in [3.8, 4) is 0 Å². The summed E-state index contributed by atoms with van der Waals surface area (Å²) in [6.45, 7) is 1.93. The molecule has 0 amide bonds. The van der Waals surface area contributed by atoms with Gasteiger partial charge in [0.05, 0.1) is 15.7 Å². The third-order valence-corrected chi connectivity index (χ3v) is 3.52. The van der Waals surface area contributed by atoms with Crippen LogP contribution in [-0.2, 0) is 6.54 Å². The van der Waals surface area contributed by atoms with Gasteiger partial charge in [-0.1, -0.05) is 18.2 Å². The fraction of sp³-hybridized carbons (Fsp3) is 0.154. The van der Waals surface area contributed by atoms with Crippen LogP contribution >= 0.6 is 22.6 Å².